The summed E-state index contributed by atoms with van der Waals surface area (Å²) in [6.07, 6.45) is -1.07. The van der Waals surface area contributed by atoms with E-state index in [1.807, 2.05) is 0 Å². The monoisotopic (exact) mass is 244 g/mol. The third-order valence-electron chi connectivity index (χ3n) is 1.74. The summed E-state index contributed by atoms with van der Waals surface area (Å²) in [6, 6.07) is 0. The zero-order valence-electron chi connectivity index (χ0n) is 10.3. The lowest BCUT2D eigenvalue weighted by Crippen LogP contribution is -2.32. The molecule has 1 heterocycles. The van der Waals surface area contributed by atoms with Crippen molar-refractivity contribution in [3.05, 3.63) is 0 Å². The lowest BCUT2D eigenvalue weighted by atomic mass is 10.2. The van der Waals surface area contributed by atoms with E-state index in [4.69, 9.17) is 9.47 Å². The van der Waals surface area contributed by atoms with Crippen molar-refractivity contribution in [2.45, 2.75) is 32.8 Å². The molecule has 7 heteroatoms. The molecule has 0 fully saturated rings. The Labute approximate surface area is 99.3 Å². The van der Waals surface area contributed by atoms with Gasteiger partial charge >= 0.3 is 12.2 Å². The normalized spacial score (nSPS) is 15.3. The Bertz CT molecular complexity index is 345. The molecule has 0 radical (unpaired) electrons. The molecule has 0 bridgehead atoms. The Morgan fingerprint density at radius 1 is 1.35 bits per heavy atom. The van der Waals surface area contributed by atoms with Gasteiger partial charge in [-0.3, -0.25) is 0 Å². The first-order valence-corrected chi connectivity index (χ1v) is 5.15. The molecule has 0 saturated heterocycles. The van der Waals surface area contributed by atoms with Crippen molar-refractivity contribution in [3.63, 3.8) is 0 Å². The molecule has 1 aliphatic heterocycles. The summed E-state index contributed by atoms with van der Waals surface area (Å²) in [5.41, 5.74) is -0.585. The number of hydrazone groups is 1. The molecule has 96 valence electrons. The van der Waals surface area contributed by atoms with Crippen LogP contribution < -0.4 is 0 Å². The number of carbonyl (C=O) groups excluding carboxylic acids is 2. The van der Waals surface area contributed by atoms with E-state index in [0.29, 0.717) is 13.0 Å². The summed E-state index contributed by atoms with van der Waals surface area (Å²) in [5, 5.41) is 4.93. The fourth-order valence-electron chi connectivity index (χ4n) is 1.09. The SMILES string of the molecule is COC(=O)OC1=NN(C(=O)OC(C)(C)C)CC1. The largest absolute Gasteiger partial charge is 0.514 e. The summed E-state index contributed by atoms with van der Waals surface area (Å²) in [7, 11) is 1.20. The highest BCUT2D eigenvalue weighted by Crippen LogP contribution is 2.14. The summed E-state index contributed by atoms with van der Waals surface area (Å²) in [5.74, 6) is 0.141. The van der Waals surface area contributed by atoms with Crippen LogP contribution in [0.4, 0.5) is 9.59 Å². The second-order valence-electron chi connectivity index (χ2n) is 4.40. The molecule has 0 N–H and O–H groups in total. The fourth-order valence-corrected chi connectivity index (χ4v) is 1.09. The molecule has 7 nitrogen and oxygen atoms in total. The van der Waals surface area contributed by atoms with Crippen molar-refractivity contribution in [1.29, 1.82) is 0 Å². The fraction of sp³-hybridized carbons (Fsp3) is 0.700. The second kappa shape index (κ2) is 5.03. The van der Waals surface area contributed by atoms with Crippen LogP contribution in [0.1, 0.15) is 27.2 Å². The third kappa shape index (κ3) is 4.29. The maximum Gasteiger partial charge on any atom is 0.514 e. The molecular formula is C10H16N2O5. The number of amides is 1. The Kier molecular flexibility index (Phi) is 3.93. The first-order valence-electron chi connectivity index (χ1n) is 5.15. The smallest absolute Gasteiger partial charge is 0.442 e. The highest BCUT2D eigenvalue weighted by Gasteiger charge is 2.27. The number of ether oxygens (including phenoxy) is 3. The molecule has 17 heavy (non-hydrogen) atoms. The van der Waals surface area contributed by atoms with Crippen LogP contribution in [0.3, 0.4) is 0 Å². The van der Waals surface area contributed by atoms with Crippen LogP contribution in [-0.4, -0.2) is 42.4 Å². The average molecular weight is 244 g/mol. The molecule has 1 amide bonds. The van der Waals surface area contributed by atoms with E-state index < -0.39 is 17.8 Å². The van der Waals surface area contributed by atoms with Gasteiger partial charge in [0.1, 0.15) is 5.60 Å². The van der Waals surface area contributed by atoms with Gasteiger partial charge in [0, 0.05) is 6.42 Å². The Hall–Kier alpha value is -1.79. The van der Waals surface area contributed by atoms with Gasteiger partial charge in [0.2, 0.25) is 5.90 Å². The van der Waals surface area contributed by atoms with Crippen molar-refractivity contribution < 1.29 is 23.8 Å². The number of methoxy groups -OCH3 is 1. The maximum atomic E-state index is 11.6. The molecule has 0 aliphatic carbocycles. The van der Waals surface area contributed by atoms with Gasteiger partial charge in [-0.2, -0.15) is 5.01 Å². The van der Waals surface area contributed by atoms with E-state index in [2.05, 4.69) is 9.84 Å². The van der Waals surface area contributed by atoms with Crippen molar-refractivity contribution in [1.82, 2.24) is 5.01 Å². The van der Waals surface area contributed by atoms with Gasteiger partial charge in [-0.25, -0.2) is 9.59 Å². The highest BCUT2D eigenvalue weighted by molar-refractivity contribution is 5.88. The topological polar surface area (TPSA) is 77.4 Å². The predicted octanol–water partition coefficient (Wildman–Crippen LogP) is 1.72. The lowest BCUT2D eigenvalue weighted by Gasteiger charge is -2.21. The van der Waals surface area contributed by atoms with Gasteiger partial charge in [-0.1, -0.05) is 0 Å². The van der Waals surface area contributed by atoms with Crippen LogP contribution in [0, 0.1) is 0 Å². The summed E-state index contributed by atoms with van der Waals surface area (Å²) < 4.78 is 14.1. The lowest BCUT2D eigenvalue weighted by molar-refractivity contribution is 0.0274. The van der Waals surface area contributed by atoms with E-state index >= 15 is 0 Å². The van der Waals surface area contributed by atoms with Crippen molar-refractivity contribution in [2.75, 3.05) is 13.7 Å². The van der Waals surface area contributed by atoms with Crippen LogP contribution in [-0.2, 0) is 14.2 Å². The Morgan fingerprint density at radius 3 is 2.53 bits per heavy atom. The average Bonchev–Trinajstić information content (AvgIpc) is 2.63. The molecule has 0 saturated carbocycles. The van der Waals surface area contributed by atoms with Gasteiger partial charge in [0.05, 0.1) is 13.7 Å². The van der Waals surface area contributed by atoms with E-state index in [-0.39, 0.29) is 5.90 Å². The predicted molar refractivity (Wildman–Crippen MR) is 58.5 cm³/mol. The van der Waals surface area contributed by atoms with Gasteiger partial charge < -0.3 is 14.2 Å². The molecule has 0 aromatic carbocycles. The zero-order valence-corrected chi connectivity index (χ0v) is 10.3. The number of hydrogen-bond donors (Lipinski definition) is 0. The number of hydrogen-bond acceptors (Lipinski definition) is 6. The molecule has 0 aromatic rings. The van der Waals surface area contributed by atoms with Gasteiger partial charge in [-0.05, 0) is 20.8 Å². The third-order valence-corrected chi connectivity index (χ3v) is 1.74. The number of rotatable bonds is 0. The number of nitrogens with zero attached hydrogens (tertiary/aromatic N) is 2. The number of carbonyl (C=O) groups is 2. The van der Waals surface area contributed by atoms with Gasteiger partial charge in [0.15, 0.2) is 0 Å². The molecular weight excluding hydrogens is 228 g/mol. The summed E-state index contributed by atoms with van der Waals surface area (Å²) >= 11 is 0. The van der Waals surface area contributed by atoms with Crippen LogP contribution >= 0.6 is 0 Å². The first-order chi connectivity index (χ1) is 7.81. The maximum absolute atomic E-state index is 11.6. The van der Waals surface area contributed by atoms with E-state index in [9.17, 15) is 9.59 Å². The first kappa shape index (κ1) is 13.3. The molecule has 0 spiro atoms. The van der Waals surface area contributed by atoms with Crippen LogP contribution in [0.2, 0.25) is 0 Å². The standard InChI is InChI=1S/C10H16N2O5/c1-10(2,3)17-8(13)12-6-5-7(11-12)16-9(14)15-4/h5-6H2,1-4H3. The Morgan fingerprint density at radius 2 is 2.00 bits per heavy atom. The van der Waals surface area contributed by atoms with E-state index in [1.165, 1.54) is 7.11 Å². The minimum atomic E-state index is -0.852. The van der Waals surface area contributed by atoms with Crippen LogP contribution in [0.5, 0.6) is 0 Å². The second-order valence-corrected chi connectivity index (χ2v) is 4.40. The van der Waals surface area contributed by atoms with Gasteiger partial charge in [-0.15, -0.1) is 5.10 Å². The highest BCUT2D eigenvalue weighted by atomic mass is 16.7. The zero-order chi connectivity index (χ0) is 13.1. The van der Waals surface area contributed by atoms with Crippen molar-refractivity contribution in [2.24, 2.45) is 5.10 Å². The van der Waals surface area contributed by atoms with Gasteiger partial charge in [0.25, 0.3) is 0 Å². The minimum Gasteiger partial charge on any atom is -0.442 e. The van der Waals surface area contributed by atoms with E-state index in [1.54, 1.807) is 20.8 Å². The Balaban J connectivity index is 2.53. The van der Waals surface area contributed by atoms with Crippen molar-refractivity contribution >= 4 is 18.1 Å². The van der Waals surface area contributed by atoms with Crippen LogP contribution in [0.25, 0.3) is 0 Å². The summed E-state index contributed by atoms with van der Waals surface area (Å²) in [6.45, 7) is 5.60. The van der Waals surface area contributed by atoms with Crippen LogP contribution in [0.15, 0.2) is 5.10 Å². The quantitative estimate of drug-likeness (QED) is 0.606. The summed E-state index contributed by atoms with van der Waals surface area (Å²) in [4.78, 5) is 22.4. The van der Waals surface area contributed by atoms with E-state index in [0.717, 1.165) is 5.01 Å². The molecule has 0 atom stereocenters. The molecule has 1 aliphatic rings. The minimum absolute atomic E-state index is 0.141. The molecule has 0 unspecified atom stereocenters. The molecule has 1 rings (SSSR count). The molecule has 0 aromatic heterocycles. The van der Waals surface area contributed by atoms with Crippen molar-refractivity contribution in [3.8, 4) is 0 Å².